The van der Waals surface area contributed by atoms with Crippen LogP contribution < -0.4 is 5.32 Å². The number of carbonyl (C=O) groups excluding carboxylic acids is 2. The summed E-state index contributed by atoms with van der Waals surface area (Å²) in [6, 6.07) is 11.7. The Bertz CT molecular complexity index is 746. The van der Waals surface area contributed by atoms with E-state index in [-0.39, 0.29) is 10.6 Å². The number of aryl methyl sites for hydroxylation is 1. The molecule has 0 aliphatic carbocycles. The number of amides is 1. The zero-order valence-corrected chi connectivity index (χ0v) is 14.1. The zero-order chi connectivity index (χ0) is 17.0. The van der Waals surface area contributed by atoms with Crippen LogP contribution in [0.4, 0.5) is 5.69 Å². The predicted molar refractivity (Wildman–Crippen MR) is 91.1 cm³/mol. The van der Waals surface area contributed by atoms with Crippen LogP contribution in [0.1, 0.15) is 22.8 Å². The molecule has 2 rings (SSSR count). The fraction of sp³-hybridized carbons (Fsp3) is 0.176. The number of benzene rings is 2. The van der Waals surface area contributed by atoms with Crippen LogP contribution in [0, 0.1) is 6.92 Å². The molecule has 0 unspecified atom stereocenters. The molecule has 1 atom stereocenters. The molecule has 0 spiro atoms. The molecule has 0 aromatic heterocycles. The highest BCUT2D eigenvalue weighted by atomic mass is 35.5. The summed E-state index contributed by atoms with van der Waals surface area (Å²) in [5, 5.41) is 3.29. The van der Waals surface area contributed by atoms with Crippen LogP contribution >= 0.6 is 23.2 Å². The minimum absolute atomic E-state index is 0.231. The fourth-order valence-corrected chi connectivity index (χ4v) is 2.17. The first-order valence-corrected chi connectivity index (χ1v) is 7.66. The van der Waals surface area contributed by atoms with Crippen molar-refractivity contribution in [1.82, 2.24) is 0 Å². The summed E-state index contributed by atoms with van der Waals surface area (Å²) in [4.78, 5) is 24.1. The molecule has 0 heterocycles. The third kappa shape index (κ3) is 4.71. The van der Waals surface area contributed by atoms with Gasteiger partial charge in [0.25, 0.3) is 5.91 Å². The highest BCUT2D eigenvalue weighted by molar-refractivity contribution is 6.42. The van der Waals surface area contributed by atoms with Crippen molar-refractivity contribution in [2.45, 2.75) is 20.0 Å². The number of hydrogen-bond donors (Lipinski definition) is 1. The van der Waals surface area contributed by atoms with Crippen LogP contribution in [0.25, 0.3) is 0 Å². The molecule has 2 aromatic carbocycles. The first-order chi connectivity index (χ1) is 10.9. The maximum Gasteiger partial charge on any atom is 0.338 e. The number of carbonyl (C=O) groups is 2. The largest absolute Gasteiger partial charge is 0.449 e. The van der Waals surface area contributed by atoms with Gasteiger partial charge in [-0.15, -0.1) is 0 Å². The van der Waals surface area contributed by atoms with E-state index in [0.717, 1.165) is 5.56 Å². The van der Waals surface area contributed by atoms with Gasteiger partial charge >= 0.3 is 5.97 Å². The average molecular weight is 352 g/mol. The number of esters is 1. The molecule has 1 N–H and O–H groups in total. The van der Waals surface area contributed by atoms with Crippen molar-refractivity contribution < 1.29 is 14.3 Å². The molecule has 120 valence electrons. The van der Waals surface area contributed by atoms with Crippen LogP contribution in [0.5, 0.6) is 0 Å². The van der Waals surface area contributed by atoms with Gasteiger partial charge in [-0.25, -0.2) is 4.79 Å². The molecule has 0 aliphatic rings. The molecule has 0 radical (unpaired) electrons. The average Bonchev–Trinajstić information content (AvgIpc) is 2.49. The van der Waals surface area contributed by atoms with Gasteiger partial charge in [0.1, 0.15) is 0 Å². The van der Waals surface area contributed by atoms with Crippen LogP contribution in [-0.2, 0) is 9.53 Å². The van der Waals surface area contributed by atoms with E-state index in [0.29, 0.717) is 10.7 Å². The molecule has 23 heavy (non-hydrogen) atoms. The summed E-state index contributed by atoms with van der Waals surface area (Å²) in [6.45, 7) is 3.42. The lowest BCUT2D eigenvalue weighted by Crippen LogP contribution is -2.30. The molecule has 6 heteroatoms. The summed E-state index contributed by atoms with van der Waals surface area (Å²) < 4.78 is 5.14. The molecular formula is C17H15Cl2NO3. The van der Waals surface area contributed by atoms with Gasteiger partial charge in [0, 0.05) is 5.69 Å². The van der Waals surface area contributed by atoms with Gasteiger partial charge in [-0.2, -0.15) is 0 Å². The van der Waals surface area contributed by atoms with E-state index < -0.39 is 18.0 Å². The minimum Gasteiger partial charge on any atom is -0.449 e. The number of nitrogens with one attached hydrogen (secondary N) is 1. The normalized spacial score (nSPS) is 11.7. The number of hydrogen-bond acceptors (Lipinski definition) is 3. The second-order valence-corrected chi connectivity index (χ2v) is 5.85. The Labute approximate surface area is 144 Å². The van der Waals surface area contributed by atoms with Crippen LogP contribution in [0.3, 0.4) is 0 Å². The fourth-order valence-electron chi connectivity index (χ4n) is 1.87. The molecule has 0 fully saturated rings. The zero-order valence-electron chi connectivity index (χ0n) is 12.6. The smallest absolute Gasteiger partial charge is 0.338 e. The van der Waals surface area contributed by atoms with Gasteiger partial charge in [-0.05, 0) is 49.7 Å². The Morgan fingerprint density at radius 1 is 1.09 bits per heavy atom. The van der Waals surface area contributed by atoms with Crippen LogP contribution in [0.2, 0.25) is 10.0 Å². The van der Waals surface area contributed by atoms with E-state index in [1.54, 1.807) is 6.07 Å². The first-order valence-electron chi connectivity index (χ1n) is 6.90. The molecule has 4 nitrogen and oxygen atoms in total. The van der Waals surface area contributed by atoms with Crippen LogP contribution in [-0.4, -0.2) is 18.0 Å². The maximum absolute atomic E-state index is 12.1. The summed E-state index contributed by atoms with van der Waals surface area (Å²) in [5.41, 5.74) is 1.89. The van der Waals surface area contributed by atoms with Crippen LogP contribution in [0.15, 0.2) is 42.5 Å². The molecule has 0 bridgehead atoms. The van der Waals surface area contributed by atoms with Crippen molar-refractivity contribution in [3.05, 3.63) is 63.6 Å². The van der Waals surface area contributed by atoms with Gasteiger partial charge < -0.3 is 10.1 Å². The third-order valence-electron chi connectivity index (χ3n) is 3.09. The van der Waals surface area contributed by atoms with E-state index in [1.807, 2.05) is 25.1 Å². The molecule has 0 saturated carbocycles. The number of rotatable bonds is 4. The highest BCUT2D eigenvalue weighted by Gasteiger charge is 2.19. The van der Waals surface area contributed by atoms with Crippen molar-refractivity contribution in [1.29, 1.82) is 0 Å². The van der Waals surface area contributed by atoms with Crippen molar-refractivity contribution in [2.24, 2.45) is 0 Å². The maximum atomic E-state index is 12.1. The summed E-state index contributed by atoms with van der Waals surface area (Å²) in [7, 11) is 0. The second-order valence-electron chi connectivity index (χ2n) is 5.04. The Morgan fingerprint density at radius 2 is 1.83 bits per heavy atom. The topological polar surface area (TPSA) is 55.4 Å². The Kier molecular flexibility index (Phi) is 5.64. The lowest BCUT2D eigenvalue weighted by molar-refractivity contribution is -0.123. The van der Waals surface area contributed by atoms with Gasteiger partial charge in [-0.1, -0.05) is 35.3 Å². The summed E-state index contributed by atoms with van der Waals surface area (Å²) in [5.74, 6) is -1.06. The van der Waals surface area contributed by atoms with Gasteiger partial charge in [-0.3, -0.25) is 4.79 Å². The molecule has 0 saturated heterocycles. The van der Waals surface area contributed by atoms with E-state index in [9.17, 15) is 9.59 Å². The Hall–Kier alpha value is -2.04. The van der Waals surface area contributed by atoms with Crippen molar-refractivity contribution >= 4 is 40.8 Å². The Morgan fingerprint density at radius 3 is 2.48 bits per heavy atom. The SMILES string of the molecule is Cc1cccc(NC(=O)[C@@H](C)OC(=O)c2ccc(Cl)c(Cl)c2)c1. The minimum atomic E-state index is -0.947. The van der Waals surface area contributed by atoms with Gasteiger partial charge in [0.2, 0.25) is 0 Å². The quantitative estimate of drug-likeness (QED) is 0.825. The van der Waals surface area contributed by atoms with Crippen molar-refractivity contribution in [3.8, 4) is 0 Å². The van der Waals surface area contributed by atoms with E-state index in [1.165, 1.54) is 25.1 Å². The van der Waals surface area contributed by atoms with Crippen molar-refractivity contribution in [3.63, 3.8) is 0 Å². The lowest BCUT2D eigenvalue weighted by Gasteiger charge is -2.14. The number of ether oxygens (including phenoxy) is 1. The predicted octanol–water partition coefficient (Wildman–Crippen LogP) is 4.49. The van der Waals surface area contributed by atoms with E-state index >= 15 is 0 Å². The summed E-state index contributed by atoms with van der Waals surface area (Å²) in [6.07, 6.45) is -0.947. The molecule has 0 aliphatic heterocycles. The monoisotopic (exact) mass is 351 g/mol. The second kappa shape index (κ2) is 7.49. The summed E-state index contributed by atoms with van der Waals surface area (Å²) >= 11 is 11.7. The standard InChI is InChI=1S/C17H15Cl2NO3/c1-10-4-3-5-13(8-10)20-16(21)11(2)23-17(22)12-6-7-14(18)15(19)9-12/h3-9,11H,1-2H3,(H,20,21)/t11-/m1/s1. The first kappa shape index (κ1) is 17.3. The molecular weight excluding hydrogens is 337 g/mol. The third-order valence-corrected chi connectivity index (χ3v) is 3.83. The lowest BCUT2D eigenvalue weighted by atomic mass is 10.2. The molecule has 2 aromatic rings. The van der Waals surface area contributed by atoms with E-state index in [4.69, 9.17) is 27.9 Å². The Balaban J connectivity index is 2.00. The number of anilines is 1. The highest BCUT2D eigenvalue weighted by Crippen LogP contribution is 2.23. The van der Waals surface area contributed by atoms with Gasteiger partial charge in [0.05, 0.1) is 15.6 Å². The van der Waals surface area contributed by atoms with Crippen molar-refractivity contribution in [2.75, 3.05) is 5.32 Å². The van der Waals surface area contributed by atoms with Gasteiger partial charge in [0.15, 0.2) is 6.10 Å². The molecule has 1 amide bonds. The number of halogens is 2. The van der Waals surface area contributed by atoms with E-state index in [2.05, 4.69) is 5.32 Å².